The Hall–Kier alpha value is -2.17. The molecule has 2 rings (SSSR count). The van der Waals surface area contributed by atoms with E-state index in [1.54, 1.807) is 6.08 Å². The zero-order valence-corrected chi connectivity index (χ0v) is 15.8. The Morgan fingerprint density at radius 2 is 2.15 bits per heavy atom. The standard InChI is InChI=1S/C22H30N2O2/c1-4-6-10-18(5-2)15-22(26)23(3)21(19-11-8-7-9-12-19)17-24-14-13-20(25)16-24/h4-12,20-21,25H,1,13-17H2,2-3H3/b10-6-,18-5+/t20-,21+/m0/s1. The van der Waals surface area contributed by atoms with Crippen LogP contribution in [0, 0.1) is 0 Å². The van der Waals surface area contributed by atoms with Crippen LogP contribution in [-0.2, 0) is 4.79 Å². The Labute approximate surface area is 157 Å². The summed E-state index contributed by atoms with van der Waals surface area (Å²) in [7, 11) is 1.87. The first-order valence-electron chi connectivity index (χ1n) is 9.20. The van der Waals surface area contributed by atoms with E-state index in [9.17, 15) is 9.90 Å². The highest BCUT2D eigenvalue weighted by Gasteiger charge is 2.28. The molecular weight excluding hydrogens is 324 g/mol. The lowest BCUT2D eigenvalue weighted by molar-refractivity contribution is -0.131. The Kier molecular flexibility index (Phi) is 7.82. The van der Waals surface area contributed by atoms with Crippen molar-refractivity contribution in [3.63, 3.8) is 0 Å². The van der Waals surface area contributed by atoms with Crippen LogP contribution in [-0.4, -0.2) is 53.6 Å². The van der Waals surface area contributed by atoms with E-state index in [2.05, 4.69) is 23.6 Å². The number of likely N-dealkylation sites (tertiary alicyclic amines) is 1. The summed E-state index contributed by atoms with van der Waals surface area (Å²) in [5.74, 6) is 0.0837. The summed E-state index contributed by atoms with van der Waals surface area (Å²) >= 11 is 0. The highest BCUT2D eigenvalue weighted by atomic mass is 16.3. The average molecular weight is 354 g/mol. The number of nitrogens with zero attached hydrogens (tertiary/aromatic N) is 2. The van der Waals surface area contributed by atoms with Crippen LogP contribution >= 0.6 is 0 Å². The highest BCUT2D eigenvalue weighted by Crippen LogP contribution is 2.24. The third-order valence-corrected chi connectivity index (χ3v) is 4.90. The summed E-state index contributed by atoms with van der Waals surface area (Å²) in [6.07, 6.45) is 8.35. The fourth-order valence-corrected chi connectivity index (χ4v) is 3.27. The number of rotatable bonds is 8. The van der Waals surface area contributed by atoms with Crippen LogP contribution in [0.2, 0.25) is 0 Å². The van der Waals surface area contributed by atoms with Crippen LogP contribution in [0.1, 0.15) is 31.4 Å². The van der Waals surface area contributed by atoms with Crippen molar-refractivity contribution in [3.05, 3.63) is 72.4 Å². The average Bonchev–Trinajstić information content (AvgIpc) is 3.08. The van der Waals surface area contributed by atoms with Gasteiger partial charge in [0, 0.05) is 26.7 Å². The molecule has 1 fully saturated rings. The Balaban J connectivity index is 2.14. The lowest BCUT2D eigenvalue weighted by Crippen LogP contribution is -2.39. The molecule has 0 aromatic heterocycles. The molecule has 1 aliphatic heterocycles. The molecule has 1 aromatic rings. The van der Waals surface area contributed by atoms with Gasteiger partial charge in [-0.1, -0.05) is 61.2 Å². The molecule has 140 valence electrons. The molecule has 0 saturated carbocycles. The van der Waals surface area contributed by atoms with Crippen LogP contribution in [0.4, 0.5) is 0 Å². The van der Waals surface area contributed by atoms with Gasteiger partial charge in [-0.05, 0) is 24.5 Å². The van der Waals surface area contributed by atoms with E-state index < -0.39 is 0 Å². The number of carbonyl (C=O) groups is 1. The first kappa shape index (κ1) is 20.1. The van der Waals surface area contributed by atoms with Crippen LogP contribution in [0.25, 0.3) is 0 Å². The monoisotopic (exact) mass is 354 g/mol. The van der Waals surface area contributed by atoms with Crippen LogP contribution in [0.5, 0.6) is 0 Å². The molecule has 1 amide bonds. The van der Waals surface area contributed by atoms with E-state index in [4.69, 9.17) is 0 Å². The number of hydrogen-bond acceptors (Lipinski definition) is 3. The Morgan fingerprint density at radius 1 is 1.42 bits per heavy atom. The molecule has 1 saturated heterocycles. The van der Waals surface area contributed by atoms with Crippen LogP contribution in [0.15, 0.2) is 66.8 Å². The second-order valence-corrected chi connectivity index (χ2v) is 6.77. The first-order valence-corrected chi connectivity index (χ1v) is 9.20. The van der Waals surface area contributed by atoms with Gasteiger partial charge < -0.3 is 10.0 Å². The summed E-state index contributed by atoms with van der Waals surface area (Å²) in [4.78, 5) is 17.0. The summed E-state index contributed by atoms with van der Waals surface area (Å²) in [6, 6.07) is 10.1. The van der Waals surface area contributed by atoms with E-state index in [1.807, 2.05) is 55.3 Å². The molecule has 4 heteroatoms. The molecule has 0 unspecified atom stereocenters. The van der Waals surface area contributed by atoms with Crippen molar-refractivity contribution < 1.29 is 9.90 Å². The predicted octanol–water partition coefficient (Wildman–Crippen LogP) is 3.33. The second-order valence-electron chi connectivity index (χ2n) is 6.77. The SMILES string of the molecule is C=C/C=C\C(=C/C)CC(=O)N(C)[C@H](CN1CC[C@H](O)C1)c1ccccc1. The number of aliphatic hydroxyl groups is 1. The number of carbonyl (C=O) groups excluding carboxylic acids is 1. The van der Waals surface area contributed by atoms with Gasteiger partial charge in [-0.25, -0.2) is 0 Å². The fourth-order valence-electron chi connectivity index (χ4n) is 3.27. The lowest BCUT2D eigenvalue weighted by atomic mass is 10.0. The Bertz CT molecular complexity index is 651. The van der Waals surface area contributed by atoms with Gasteiger partial charge in [0.2, 0.25) is 5.91 Å². The number of allylic oxidation sites excluding steroid dienone is 4. The van der Waals surface area contributed by atoms with Gasteiger partial charge in [0.05, 0.1) is 18.6 Å². The predicted molar refractivity (Wildman–Crippen MR) is 107 cm³/mol. The van der Waals surface area contributed by atoms with E-state index >= 15 is 0 Å². The molecule has 1 heterocycles. The topological polar surface area (TPSA) is 43.8 Å². The number of β-amino-alcohol motifs (C(OH)–C–C–N with tert-alkyl or cyclic N) is 1. The lowest BCUT2D eigenvalue weighted by Gasteiger charge is -2.32. The van der Waals surface area contributed by atoms with Crippen LogP contribution in [0.3, 0.4) is 0 Å². The minimum Gasteiger partial charge on any atom is -0.392 e. The molecule has 0 radical (unpaired) electrons. The third kappa shape index (κ3) is 5.68. The zero-order valence-electron chi connectivity index (χ0n) is 15.8. The summed E-state index contributed by atoms with van der Waals surface area (Å²) in [5, 5.41) is 9.82. The number of likely N-dealkylation sites (N-methyl/N-ethyl adjacent to an activating group) is 1. The van der Waals surface area contributed by atoms with Crippen molar-refractivity contribution >= 4 is 5.91 Å². The minimum absolute atomic E-state index is 0.0320. The summed E-state index contributed by atoms with van der Waals surface area (Å²) in [6.45, 7) is 7.90. The highest BCUT2D eigenvalue weighted by molar-refractivity contribution is 5.79. The normalized spacial score (nSPS) is 19.7. The quantitative estimate of drug-likeness (QED) is 0.728. The van der Waals surface area contributed by atoms with Gasteiger partial charge >= 0.3 is 0 Å². The molecule has 0 spiro atoms. The van der Waals surface area contributed by atoms with E-state index in [0.717, 1.165) is 30.6 Å². The molecule has 1 aliphatic rings. The number of hydrogen-bond donors (Lipinski definition) is 1. The first-order chi connectivity index (χ1) is 12.5. The zero-order chi connectivity index (χ0) is 18.9. The maximum Gasteiger partial charge on any atom is 0.227 e. The molecular formula is C22H30N2O2. The molecule has 26 heavy (non-hydrogen) atoms. The van der Waals surface area contributed by atoms with Gasteiger partial charge in [-0.15, -0.1) is 0 Å². The summed E-state index contributed by atoms with van der Waals surface area (Å²) in [5.41, 5.74) is 2.10. The van der Waals surface area contributed by atoms with E-state index in [-0.39, 0.29) is 18.1 Å². The smallest absolute Gasteiger partial charge is 0.227 e. The molecule has 4 nitrogen and oxygen atoms in total. The number of amides is 1. The van der Waals surface area contributed by atoms with Gasteiger partial charge in [-0.2, -0.15) is 0 Å². The molecule has 2 atom stereocenters. The number of benzene rings is 1. The largest absolute Gasteiger partial charge is 0.392 e. The van der Waals surface area contributed by atoms with Gasteiger partial charge in [0.15, 0.2) is 0 Å². The van der Waals surface area contributed by atoms with Gasteiger partial charge in [0.25, 0.3) is 0 Å². The molecule has 1 N–H and O–H groups in total. The van der Waals surface area contributed by atoms with Crippen molar-refractivity contribution in [2.75, 3.05) is 26.7 Å². The van der Waals surface area contributed by atoms with E-state index in [0.29, 0.717) is 13.0 Å². The summed E-state index contributed by atoms with van der Waals surface area (Å²) < 4.78 is 0. The second kappa shape index (κ2) is 10.1. The van der Waals surface area contributed by atoms with Crippen molar-refractivity contribution in [2.45, 2.75) is 31.9 Å². The minimum atomic E-state index is -0.258. The molecule has 1 aromatic carbocycles. The molecule has 0 bridgehead atoms. The van der Waals surface area contributed by atoms with Gasteiger partial charge in [0.1, 0.15) is 0 Å². The molecule has 0 aliphatic carbocycles. The Morgan fingerprint density at radius 3 is 2.73 bits per heavy atom. The number of aliphatic hydroxyl groups excluding tert-OH is 1. The van der Waals surface area contributed by atoms with Crippen LogP contribution < -0.4 is 0 Å². The van der Waals surface area contributed by atoms with Crippen molar-refractivity contribution in [2.24, 2.45) is 0 Å². The van der Waals surface area contributed by atoms with Crippen molar-refractivity contribution in [1.29, 1.82) is 0 Å². The van der Waals surface area contributed by atoms with Crippen molar-refractivity contribution in [1.82, 2.24) is 9.80 Å². The third-order valence-electron chi connectivity index (χ3n) is 4.90. The van der Waals surface area contributed by atoms with Crippen molar-refractivity contribution in [3.8, 4) is 0 Å². The maximum atomic E-state index is 12.9. The maximum absolute atomic E-state index is 12.9. The fraction of sp³-hybridized carbons (Fsp3) is 0.409. The van der Waals surface area contributed by atoms with E-state index in [1.165, 1.54) is 0 Å². The van der Waals surface area contributed by atoms with Gasteiger partial charge in [-0.3, -0.25) is 9.69 Å².